The van der Waals surface area contributed by atoms with E-state index >= 15 is 0 Å². The third-order valence-electron chi connectivity index (χ3n) is 3.78. The fourth-order valence-electron chi connectivity index (χ4n) is 2.56. The summed E-state index contributed by atoms with van der Waals surface area (Å²) < 4.78 is 24.4. The lowest BCUT2D eigenvalue weighted by molar-refractivity contribution is -0.138. The molecule has 0 aliphatic heterocycles. The first-order valence-electron chi connectivity index (χ1n) is 8.42. The fourth-order valence-corrected chi connectivity index (χ4v) is 2.56. The summed E-state index contributed by atoms with van der Waals surface area (Å²) in [6, 6.07) is 11.0. The Morgan fingerprint density at radius 1 is 1.08 bits per heavy atom. The van der Waals surface area contributed by atoms with Crippen LogP contribution in [0.4, 0.5) is 4.39 Å². The number of benzene rings is 2. The maximum Gasteiger partial charge on any atom is 0.311 e. The van der Waals surface area contributed by atoms with Crippen LogP contribution in [0.2, 0.25) is 0 Å². The summed E-state index contributed by atoms with van der Waals surface area (Å²) in [5, 5.41) is 9.55. The molecule has 2 aromatic rings. The molecule has 134 valence electrons. The Kier molecular flexibility index (Phi) is 6.81. The molecular weight excluding hydrogens is 323 g/mol. The van der Waals surface area contributed by atoms with E-state index in [1.807, 2.05) is 26.0 Å². The van der Waals surface area contributed by atoms with Crippen LogP contribution in [0.25, 0.3) is 0 Å². The molecule has 1 unspecified atom stereocenters. The monoisotopic (exact) mass is 346 g/mol. The smallest absolute Gasteiger partial charge is 0.311 e. The first kappa shape index (κ1) is 18.8. The van der Waals surface area contributed by atoms with Gasteiger partial charge in [-0.25, -0.2) is 4.39 Å². The first-order valence-corrected chi connectivity index (χ1v) is 8.42. The van der Waals surface area contributed by atoms with Crippen LogP contribution < -0.4 is 9.47 Å². The van der Waals surface area contributed by atoms with Crippen molar-refractivity contribution in [1.29, 1.82) is 0 Å². The topological polar surface area (TPSA) is 55.8 Å². The summed E-state index contributed by atoms with van der Waals surface area (Å²) in [7, 11) is 0. The van der Waals surface area contributed by atoms with Crippen LogP contribution in [-0.4, -0.2) is 24.3 Å². The number of rotatable bonds is 9. The maximum atomic E-state index is 13.1. The largest absolute Gasteiger partial charge is 0.490 e. The van der Waals surface area contributed by atoms with E-state index in [0.29, 0.717) is 30.3 Å². The molecule has 0 heterocycles. The molecule has 0 aliphatic rings. The molecule has 0 spiro atoms. The van der Waals surface area contributed by atoms with Crippen molar-refractivity contribution >= 4 is 5.97 Å². The highest BCUT2D eigenvalue weighted by atomic mass is 19.1. The highest BCUT2D eigenvalue weighted by Crippen LogP contribution is 2.31. The lowest BCUT2D eigenvalue weighted by Gasteiger charge is -2.16. The van der Waals surface area contributed by atoms with Crippen LogP contribution in [0, 0.1) is 5.82 Å². The van der Waals surface area contributed by atoms with Crippen LogP contribution in [0.1, 0.15) is 37.3 Å². The predicted molar refractivity (Wildman–Crippen MR) is 93.9 cm³/mol. The molecule has 0 aliphatic carbocycles. The quantitative estimate of drug-likeness (QED) is 0.730. The average Bonchev–Trinajstić information content (AvgIpc) is 2.60. The lowest BCUT2D eigenvalue weighted by Crippen LogP contribution is -2.14. The SMILES string of the molecule is CCCOc1ccc(CC(C(=O)O)c2ccc(F)cc2)cc1OCC. The molecule has 0 amide bonds. The van der Waals surface area contributed by atoms with Crippen molar-refractivity contribution in [1.82, 2.24) is 0 Å². The molecule has 2 aromatic carbocycles. The van der Waals surface area contributed by atoms with Gasteiger partial charge in [0, 0.05) is 0 Å². The van der Waals surface area contributed by atoms with Crippen LogP contribution in [0.5, 0.6) is 11.5 Å². The van der Waals surface area contributed by atoms with Crippen molar-refractivity contribution in [3.8, 4) is 11.5 Å². The van der Waals surface area contributed by atoms with E-state index in [2.05, 4.69) is 0 Å². The van der Waals surface area contributed by atoms with Gasteiger partial charge < -0.3 is 14.6 Å². The lowest BCUT2D eigenvalue weighted by atomic mass is 9.92. The highest BCUT2D eigenvalue weighted by Gasteiger charge is 2.21. The molecule has 25 heavy (non-hydrogen) atoms. The molecule has 0 fully saturated rings. The number of carboxylic acids is 1. The van der Waals surface area contributed by atoms with E-state index < -0.39 is 11.9 Å². The maximum absolute atomic E-state index is 13.1. The minimum Gasteiger partial charge on any atom is -0.490 e. The molecule has 0 aromatic heterocycles. The van der Waals surface area contributed by atoms with E-state index in [1.54, 1.807) is 6.07 Å². The molecule has 2 rings (SSSR count). The van der Waals surface area contributed by atoms with Crippen molar-refractivity contribution in [3.05, 3.63) is 59.4 Å². The van der Waals surface area contributed by atoms with Gasteiger partial charge in [-0.05, 0) is 55.2 Å². The summed E-state index contributed by atoms with van der Waals surface area (Å²) in [5.74, 6) is -0.824. The number of halogens is 1. The van der Waals surface area contributed by atoms with Gasteiger partial charge in [-0.2, -0.15) is 0 Å². The van der Waals surface area contributed by atoms with E-state index in [0.717, 1.165) is 12.0 Å². The van der Waals surface area contributed by atoms with E-state index in [-0.39, 0.29) is 12.2 Å². The van der Waals surface area contributed by atoms with Crippen LogP contribution >= 0.6 is 0 Å². The minimum atomic E-state index is -0.948. The van der Waals surface area contributed by atoms with Crippen molar-refractivity contribution in [3.63, 3.8) is 0 Å². The Balaban J connectivity index is 2.25. The number of carboxylic acid groups (broad SMARTS) is 1. The van der Waals surface area contributed by atoms with Gasteiger partial charge in [-0.15, -0.1) is 0 Å². The van der Waals surface area contributed by atoms with Crippen LogP contribution in [-0.2, 0) is 11.2 Å². The van der Waals surface area contributed by atoms with E-state index in [1.165, 1.54) is 24.3 Å². The van der Waals surface area contributed by atoms with Gasteiger partial charge >= 0.3 is 5.97 Å². The zero-order valence-electron chi connectivity index (χ0n) is 14.5. The zero-order valence-corrected chi connectivity index (χ0v) is 14.5. The van der Waals surface area contributed by atoms with Gasteiger partial charge in [0.25, 0.3) is 0 Å². The van der Waals surface area contributed by atoms with Crippen molar-refractivity contribution in [2.45, 2.75) is 32.6 Å². The van der Waals surface area contributed by atoms with Gasteiger partial charge in [-0.3, -0.25) is 4.79 Å². The first-order chi connectivity index (χ1) is 12.0. The average molecular weight is 346 g/mol. The minimum absolute atomic E-state index is 0.287. The Labute approximate surface area is 147 Å². The molecule has 4 nitrogen and oxygen atoms in total. The molecule has 0 radical (unpaired) electrons. The Bertz CT molecular complexity index is 697. The second kappa shape index (κ2) is 9.06. The number of hydrogen-bond donors (Lipinski definition) is 1. The second-order valence-electron chi connectivity index (χ2n) is 5.71. The van der Waals surface area contributed by atoms with Gasteiger partial charge in [0.05, 0.1) is 19.1 Å². The highest BCUT2D eigenvalue weighted by molar-refractivity contribution is 5.76. The number of ether oxygens (including phenoxy) is 2. The van der Waals surface area contributed by atoms with Crippen molar-refractivity contribution < 1.29 is 23.8 Å². The standard InChI is InChI=1S/C20H23FO4/c1-3-11-25-18-10-5-14(13-19(18)24-4-2)12-17(20(22)23)15-6-8-16(21)9-7-15/h5-10,13,17H,3-4,11-12H2,1-2H3,(H,22,23). The molecule has 0 saturated carbocycles. The number of carbonyl (C=O) groups is 1. The molecular formula is C20H23FO4. The second-order valence-corrected chi connectivity index (χ2v) is 5.71. The van der Waals surface area contributed by atoms with E-state index in [4.69, 9.17) is 9.47 Å². The predicted octanol–water partition coefficient (Wildman–Crippen LogP) is 4.42. The summed E-state index contributed by atoms with van der Waals surface area (Å²) >= 11 is 0. The summed E-state index contributed by atoms with van der Waals surface area (Å²) in [4.78, 5) is 11.7. The van der Waals surface area contributed by atoms with Crippen LogP contribution in [0.15, 0.2) is 42.5 Å². The van der Waals surface area contributed by atoms with Crippen molar-refractivity contribution in [2.24, 2.45) is 0 Å². The molecule has 0 saturated heterocycles. The zero-order chi connectivity index (χ0) is 18.2. The Hall–Kier alpha value is -2.56. The summed E-state index contributed by atoms with van der Waals surface area (Å²) in [6.45, 7) is 4.99. The Morgan fingerprint density at radius 2 is 1.80 bits per heavy atom. The van der Waals surface area contributed by atoms with Gasteiger partial charge in [0.2, 0.25) is 0 Å². The normalized spacial score (nSPS) is 11.8. The molecule has 0 bridgehead atoms. The fraction of sp³-hybridized carbons (Fsp3) is 0.350. The molecule has 1 N–H and O–H groups in total. The number of aliphatic carboxylic acids is 1. The van der Waals surface area contributed by atoms with Gasteiger partial charge in [-0.1, -0.05) is 25.1 Å². The van der Waals surface area contributed by atoms with Gasteiger partial charge in [0.1, 0.15) is 5.82 Å². The third-order valence-corrected chi connectivity index (χ3v) is 3.78. The summed E-state index contributed by atoms with van der Waals surface area (Å²) in [5.41, 5.74) is 1.39. The molecule has 1 atom stereocenters. The van der Waals surface area contributed by atoms with Crippen LogP contribution in [0.3, 0.4) is 0 Å². The molecule has 5 heteroatoms. The third kappa shape index (κ3) is 5.21. The summed E-state index contributed by atoms with van der Waals surface area (Å²) in [6.07, 6.45) is 1.17. The van der Waals surface area contributed by atoms with E-state index in [9.17, 15) is 14.3 Å². The van der Waals surface area contributed by atoms with Crippen molar-refractivity contribution in [2.75, 3.05) is 13.2 Å². The van der Waals surface area contributed by atoms with Gasteiger partial charge in [0.15, 0.2) is 11.5 Å². The Morgan fingerprint density at radius 3 is 2.40 bits per heavy atom. The number of hydrogen-bond acceptors (Lipinski definition) is 3.